The van der Waals surface area contributed by atoms with Crippen molar-refractivity contribution < 1.29 is 42.2 Å². The van der Waals surface area contributed by atoms with E-state index in [1.165, 1.54) is 30.6 Å². The van der Waals surface area contributed by atoms with Gasteiger partial charge in [0.2, 0.25) is 17.7 Å². The first-order valence-corrected chi connectivity index (χ1v) is 22.1. The summed E-state index contributed by atoms with van der Waals surface area (Å²) in [5.74, 6) is -2.61. The number of fused-ring (bicyclic) bond motifs is 2. The number of amides is 5. The van der Waals surface area contributed by atoms with Crippen molar-refractivity contribution in [3.8, 4) is 5.75 Å². The molecule has 4 aromatic rings. The first-order chi connectivity index (χ1) is 31.0. The van der Waals surface area contributed by atoms with Crippen LogP contribution >= 0.6 is 11.6 Å². The number of nitrogens with zero attached hydrogens (tertiary/aromatic N) is 5. The highest BCUT2D eigenvalue weighted by molar-refractivity contribution is 6.31. The molecule has 3 N–H and O–H groups in total. The Morgan fingerprint density at radius 3 is 2.41 bits per heavy atom. The number of carbonyl (C=O) groups is 5. The van der Waals surface area contributed by atoms with Gasteiger partial charge in [-0.3, -0.25) is 39.1 Å². The summed E-state index contributed by atoms with van der Waals surface area (Å²) in [4.78, 5) is 78.3. The number of piperidine rings is 3. The van der Waals surface area contributed by atoms with E-state index in [2.05, 4.69) is 35.7 Å². The molecular formula is C46H47ClF2N8O7. The molecule has 5 aliphatic rings. The Morgan fingerprint density at radius 2 is 1.67 bits per heavy atom. The lowest BCUT2D eigenvalue weighted by atomic mass is 9.86. The second kappa shape index (κ2) is 18.7. The molecule has 15 nitrogen and oxygen atoms in total. The molecule has 0 aliphatic carbocycles. The van der Waals surface area contributed by atoms with Gasteiger partial charge >= 0.3 is 0 Å². The summed E-state index contributed by atoms with van der Waals surface area (Å²) >= 11 is 6.01. The van der Waals surface area contributed by atoms with Gasteiger partial charge in [0.15, 0.2) is 0 Å². The molecule has 5 amide bonds. The molecule has 0 spiro atoms. The van der Waals surface area contributed by atoms with Crippen LogP contribution in [0.2, 0.25) is 5.02 Å². The van der Waals surface area contributed by atoms with Crippen molar-refractivity contribution in [1.29, 1.82) is 0 Å². The minimum absolute atomic E-state index is 0.0142. The minimum atomic E-state index is -1.10. The zero-order valence-corrected chi connectivity index (χ0v) is 35.7. The van der Waals surface area contributed by atoms with Gasteiger partial charge in [-0.05, 0) is 112 Å². The minimum Gasteiger partial charge on any atom is -0.486 e. The summed E-state index contributed by atoms with van der Waals surface area (Å²) < 4.78 is 41.1. The summed E-state index contributed by atoms with van der Waals surface area (Å²) in [6.45, 7) is 5.90. The number of ether oxygens (including phenoxy) is 2. The van der Waals surface area contributed by atoms with E-state index in [1.807, 2.05) is 6.08 Å². The molecule has 4 fully saturated rings. The lowest BCUT2D eigenvalue weighted by molar-refractivity contribution is -0.136. The zero-order chi connectivity index (χ0) is 44.5. The lowest BCUT2D eigenvalue weighted by Gasteiger charge is -2.37. The molecule has 18 heteroatoms. The highest BCUT2D eigenvalue weighted by atomic mass is 35.5. The number of halogens is 3. The smallest absolute Gasteiger partial charge is 0.262 e. The molecule has 0 radical (unpaired) electrons. The average molecular weight is 897 g/mol. The van der Waals surface area contributed by atoms with Crippen LogP contribution in [0.25, 0.3) is 10.9 Å². The number of benzene rings is 3. The summed E-state index contributed by atoms with van der Waals surface area (Å²) in [5.41, 5.74) is 2.01. The fourth-order valence-corrected chi connectivity index (χ4v) is 9.50. The number of hydrogen-bond donors (Lipinski definition) is 3. The van der Waals surface area contributed by atoms with Crippen molar-refractivity contribution in [2.75, 3.05) is 63.1 Å². The fourth-order valence-electron chi connectivity index (χ4n) is 9.32. The Hall–Kier alpha value is -5.88. The molecule has 1 aromatic heterocycles. The van der Waals surface area contributed by atoms with Crippen LogP contribution in [0.15, 0.2) is 60.9 Å². The van der Waals surface area contributed by atoms with E-state index in [4.69, 9.17) is 21.1 Å². The SMILES string of the molecule is O=C(/C=C/CN1CCC(CN2CCC(c3cc4c(cc3F)C(=O)N(C3CCC(=O)NC3=O)C4=O)CC2)CC1)Nc1cc2c(Nc3ccc(F)c(Cl)c3)ncnc2cc1O[C@H]1CCOC1. The molecule has 2 atom stereocenters. The Balaban J connectivity index is 0.760. The van der Waals surface area contributed by atoms with Gasteiger partial charge in [0.1, 0.15) is 41.7 Å². The maximum absolute atomic E-state index is 15.5. The van der Waals surface area contributed by atoms with Crippen LogP contribution < -0.4 is 20.7 Å². The number of aromatic nitrogens is 2. The van der Waals surface area contributed by atoms with Crippen molar-refractivity contribution >= 4 is 69.2 Å². The third kappa shape index (κ3) is 9.34. The summed E-state index contributed by atoms with van der Waals surface area (Å²) in [7, 11) is 0. The largest absolute Gasteiger partial charge is 0.486 e. The van der Waals surface area contributed by atoms with E-state index >= 15 is 4.39 Å². The molecule has 64 heavy (non-hydrogen) atoms. The van der Waals surface area contributed by atoms with E-state index in [0.717, 1.165) is 56.5 Å². The average Bonchev–Trinajstić information content (AvgIpc) is 3.88. The van der Waals surface area contributed by atoms with E-state index in [0.29, 0.717) is 84.3 Å². The maximum atomic E-state index is 15.5. The number of nitrogens with one attached hydrogen (secondary N) is 3. The van der Waals surface area contributed by atoms with E-state index < -0.39 is 41.3 Å². The van der Waals surface area contributed by atoms with Gasteiger partial charge in [-0.2, -0.15) is 0 Å². The highest BCUT2D eigenvalue weighted by Crippen LogP contribution is 2.37. The molecule has 1 unspecified atom stereocenters. The Labute approximate surface area is 372 Å². The third-order valence-electron chi connectivity index (χ3n) is 12.8. The van der Waals surface area contributed by atoms with Crippen LogP contribution in [-0.4, -0.2) is 119 Å². The predicted molar refractivity (Wildman–Crippen MR) is 233 cm³/mol. The van der Waals surface area contributed by atoms with Crippen molar-refractivity contribution in [1.82, 2.24) is 30.0 Å². The van der Waals surface area contributed by atoms with Gasteiger partial charge in [-0.25, -0.2) is 18.7 Å². The number of carbonyl (C=O) groups excluding carboxylic acids is 5. The molecule has 9 rings (SSSR count). The van der Waals surface area contributed by atoms with Gasteiger partial charge in [-0.1, -0.05) is 17.7 Å². The lowest BCUT2D eigenvalue weighted by Crippen LogP contribution is -2.54. The third-order valence-corrected chi connectivity index (χ3v) is 13.1. The molecular weight excluding hydrogens is 850 g/mol. The van der Waals surface area contributed by atoms with E-state index in [-0.39, 0.29) is 46.9 Å². The van der Waals surface area contributed by atoms with Crippen LogP contribution in [0.1, 0.15) is 77.1 Å². The van der Waals surface area contributed by atoms with Crippen LogP contribution in [-0.2, 0) is 19.1 Å². The van der Waals surface area contributed by atoms with Gasteiger partial charge < -0.3 is 25.0 Å². The topological polar surface area (TPSA) is 175 Å². The van der Waals surface area contributed by atoms with E-state index in [9.17, 15) is 28.4 Å². The van der Waals surface area contributed by atoms with Crippen LogP contribution in [0, 0.1) is 17.6 Å². The molecule has 4 saturated heterocycles. The van der Waals surface area contributed by atoms with Crippen molar-refractivity contribution in [3.63, 3.8) is 0 Å². The Kier molecular flexibility index (Phi) is 12.7. The maximum Gasteiger partial charge on any atom is 0.262 e. The van der Waals surface area contributed by atoms with Crippen molar-refractivity contribution in [2.24, 2.45) is 5.92 Å². The van der Waals surface area contributed by atoms with Crippen LogP contribution in [0.3, 0.4) is 0 Å². The Morgan fingerprint density at radius 1 is 0.906 bits per heavy atom. The van der Waals surface area contributed by atoms with E-state index in [1.54, 1.807) is 18.2 Å². The number of likely N-dealkylation sites (tertiary alicyclic amines) is 2. The summed E-state index contributed by atoms with van der Waals surface area (Å²) in [5, 5.41) is 8.91. The molecule has 3 aromatic carbocycles. The van der Waals surface area contributed by atoms with Crippen molar-refractivity contribution in [3.05, 3.63) is 94.3 Å². The zero-order valence-electron chi connectivity index (χ0n) is 34.9. The number of anilines is 3. The Bertz CT molecular complexity index is 2540. The second-order valence-electron chi connectivity index (χ2n) is 17.0. The molecule has 0 saturated carbocycles. The molecule has 0 bridgehead atoms. The van der Waals surface area contributed by atoms with Crippen LogP contribution in [0.4, 0.5) is 26.0 Å². The molecule has 5 aliphatic heterocycles. The van der Waals surface area contributed by atoms with Crippen LogP contribution in [0.5, 0.6) is 5.75 Å². The second-order valence-corrected chi connectivity index (χ2v) is 17.4. The predicted octanol–water partition coefficient (Wildman–Crippen LogP) is 5.96. The quantitative estimate of drug-likeness (QED) is 0.113. The van der Waals surface area contributed by atoms with Gasteiger partial charge in [0.25, 0.3) is 11.8 Å². The standard InChI is InChI=1S/C46H47ClF2N8O7/c47-34-18-28(3-4-35(34)48)52-43-33-21-38(40(22-37(33)50-25-51-43)64-29-11-17-63-24-29)53-41(58)2-1-12-55-13-7-26(8-14-55)23-56-15-9-27(10-16-56)30-19-31-32(20-36(30)49)46(62)57(45(31)61)39-5-6-42(59)54-44(39)60/h1-4,18-22,25-27,29,39H,5-17,23-24H2,(H,53,58)(H,50,51,52)(H,54,59,60)/b2-1+/t29-,39?/m0/s1. The number of hydrogen-bond acceptors (Lipinski definition) is 12. The van der Waals surface area contributed by atoms with Gasteiger partial charge in [-0.15, -0.1) is 0 Å². The molecule has 6 heterocycles. The van der Waals surface area contributed by atoms with Gasteiger partial charge in [0, 0.05) is 49.1 Å². The summed E-state index contributed by atoms with van der Waals surface area (Å²) in [6, 6.07) is 9.31. The first-order valence-electron chi connectivity index (χ1n) is 21.7. The molecule has 334 valence electrons. The van der Waals surface area contributed by atoms with Gasteiger partial charge in [0.05, 0.1) is 40.6 Å². The highest BCUT2D eigenvalue weighted by Gasteiger charge is 2.45. The number of rotatable bonds is 12. The normalized spacial score (nSPS) is 21.5. The number of imide groups is 2. The summed E-state index contributed by atoms with van der Waals surface area (Å²) in [6.07, 6.45) is 8.80. The fraction of sp³-hybridized carbons (Fsp3) is 0.413. The first kappa shape index (κ1) is 43.4. The van der Waals surface area contributed by atoms with Crippen molar-refractivity contribution in [2.45, 2.75) is 63.0 Å². The monoisotopic (exact) mass is 896 g/mol.